The van der Waals surface area contributed by atoms with Crippen molar-refractivity contribution in [3.05, 3.63) is 48.2 Å². The first-order valence-electron chi connectivity index (χ1n) is 8.59. The molecule has 0 atom stereocenters. The highest BCUT2D eigenvalue weighted by molar-refractivity contribution is 6.06. The molecule has 8 heteroatoms. The second-order valence-electron chi connectivity index (χ2n) is 5.83. The molecule has 2 heterocycles. The van der Waals surface area contributed by atoms with Gasteiger partial charge in [-0.05, 0) is 33.0 Å². The number of pyridine rings is 1. The average Bonchev–Trinajstić information content (AvgIpc) is 3.08. The van der Waals surface area contributed by atoms with Crippen LogP contribution in [0.3, 0.4) is 0 Å². The van der Waals surface area contributed by atoms with Gasteiger partial charge in [-0.1, -0.05) is 30.3 Å². The van der Waals surface area contributed by atoms with Crippen LogP contribution in [0, 0.1) is 0 Å². The summed E-state index contributed by atoms with van der Waals surface area (Å²) in [5.74, 6) is -0.0867. The van der Waals surface area contributed by atoms with Gasteiger partial charge in [0.15, 0.2) is 5.65 Å². The van der Waals surface area contributed by atoms with Crippen LogP contribution in [0.4, 0.5) is 0 Å². The predicted octanol–water partition coefficient (Wildman–Crippen LogP) is 3.30. The fraction of sp³-hybridized carbons (Fsp3) is 0.316. The molecule has 0 aliphatic heterocycles. The largest absolute Gasteiger partial charge is 0.352 e. The summed E-state index contributed by atoms with van der Waals surface area (Å²) in [6.07, 6.45) is 2.61. The fourth-order valence-corrected chi connectivity index (χ4v) is 2.79. The summed E-state index contributed by atoms with van der Waals surface area (Å²) >= 11 is 0. The van der Waals surface area contributed by atoms with E-state index in [4.69, 9.17) is 4.98 Å². The zero-order valence-electron chi connectivity index (χ0n) is 15.4. The Kier molecular flexibility index (Phi) is 9.21. The molecule has 0 aliphatic rings. The van der Waals surface area contributed by atoms with Crippen LogP contribution < -0.4 is 10.6 Å². The lowest BCUT2D eigenvalue weighted by atomic mass is 10.1. The highest BCUT2D eigenvalue weighted by atomic mass is 35.5. The van der Waals surface area contributed by atoms with Gasteiger partial charge >= 0.3 is 0 Å². The summed E-state index contributed by atoms with van der Waals surface area (Å²) in [5, 5.41) is 11.2. The number of benzene rings is 1. The summed E-state index contributed by atoms with van der Waals surface area (Å²) in [7, 11) is 1.90. The van der Waals surface area contributed by atoms with Gasteiger partial charge in [-0.25, -0.2) is 9.67 Å². The van der Waals surface area contributed by atoms with Crippen LogP contribution in [-0.4, -0.2) is 40.8 Å². The minimum atomic E-state index is -0.0867. The Morgan fingerprint density at radius 3 is 2.56 bits per heavy atom. The van der Waals surface area contributed by atoms with Gasteiger partial charge in [-0.3, -0.25) is 4.79 Å². The minimum absolute atomic E-state index is 0. The molecule has 0 fully saturated rings. The van der Waals surface area contributed by atoms with Crippen LogP contribution in [0.25, 0.3) is 22.3 Å². The molecule has 2 N–H and O–H groups in total. The third kappa shape index (κ3) is 5.19. The number of halogens is 2. The number of carbonyl (C=O) groups is 1. The van der Waals surface area contributed by atoms with Gasteiger partial charge in [0.1, 0.15) is 0 Å². The molecule has 27 heavy (non-hydrogen) atoms. The Morgan fingerprint density at radius 2 is 1.89 bits per heavy atom. The highest BCUT2D eigenvalue weighted by Gasteiger charge is 2.16. The van der Waals surface area contributed by atoms with Gasteiger partial charge in [0, 0.05) is 18.7 Å². The monoisotopic (exact) mass is 409 g/mol. The number of carbonyl (C=O) groups excluding carboxylic acids is 1. The Labute approximate surface area is 171 Å². The molecule has 6 nitrogen and oxygen atoms in total. The Morgan fingerprint density at radius 1 is 1.15 bits per heavy atom. The normalized spacial score (nSPS) is 10.1. The number of fused-ring (bicyclic) bond motifs is 1. The molecule has 3 aromatic rings. The van der Waals surface area contributed by atoms with Crippen molar-refractivity contribution in [1.82, 2.24) is 25.4 Å². The molecule has 2 aromatic heterocycles. The quantitative estimate of drug-likeness (QED) is 0.587. The summed E-state index contributed by atoms with van der Waals surface area (Å²) < 4.78 is 1.82. The molecule has 0 bridgehead atoms. The van der Waals surface area contributed by atoms with E-state index in [1.54, 1.807) is 6.20 Å². The van der Waals surface area contributed by atoms with Gasteiger partial charge in [0.25, 0.3) is 5.91 Å². The first kappa shape index (κ1) is 22.9. The van der Waals surface area contributed by atoms with E-state index in [2.05, 4.69) is 15.7 Å². The van der Waals surface area contributed by atoms with Crippen molar-refractivity contribution < 1.29 is 4.79 Å². The van der Waals surface area contributed by atoms with Gasteiger partial charge in [0.2, 0.25) is 0 Å². The molecule has 1 aromatic carbocycles. The zero-order valence-corrected chi connectivity index (χ0v) is 17.1. The summed E-state index contributed by atoms with van der Waals surface area (Å²) in [4.78, 5) is 17.4. The lowest BCUT2D eigenvalue weighted by Crippen LogP contribution is -2.26. The molecule has 0 unspecified atom stereocenters. The summed E-state index contributed by atoms with van der Waals surface area (Å²) in [5.41, 5.74) is 3.12. The number of hydrogen-bond donors (Lipinski definition) is 2. The molecule has 0 radical (unpaired) electrons. The zero-order chi connectivity index (χ0) is 17.6. The molecule has 0 spiro atoms. The first-order valence-corrected chi connectivity index (χ1v) is 8.59. The molecule has 1 amide bonds. The standard InChI is InChI=1S/C19H23N5O.2ClH/c1-3-24-18-16(13-22-24)15(19(25)21-11-7-10-20-2)12-17(23-18)14-8-5-4-6-9-14;;/h4-6,8-9,12-13,20H,3,7,10-11H2,1-2H3,(H,21,25);2*1H. The van der Waals surface area contributed by atoms with E-state index >= 15 is 0 Å². The Hall–Kier alpha value is -2.15. The Balaban J connectivity index is 0.00000182. The topological polar surface area (TPSA) is 71.8 Å². The second-order valence-corrected chi connectivity index (χ2v) is 5.83. The van der Waals surface area contributed by atoms with E-state index in [1.807, 2.05) is 55.1 Å². The molecular formula is C19H25Cl2N5O. The van der Waals surface area contributed by atoms with Crippen LogP contribution in [-0.2, 0) is 6.54 Å². The lowest BCUT2D eigenvalue weighted by molar-refractivity contribution is 0.0955. The van der Waals surface area contributed by atoms with Crippen molar-refractivity contribution in [2.45, 2.75) is 19.9 Å². The molecule has 0 saturated heterocycles. The van der Waals surface area contributed by atoms with E-state index in [1.165, 1.54) is 0 Å². The van der Waals surface area contributed by atoms with Crippen molar-refractivity contribution in [3.8, 4) is 11.3 Å². The second kappa shape index (κ2) is 10.9. The number of hydrogen-bond acceptors (Lipinski definition) is 4. The van der Waals surface area contributed by atoms with Crippen LogP contribution in [0.15, 0.2) is 42.6 Å². The number of aromatic nitrogens is 3. The van der Waals surface area contributed by atoms with Crippen molar-refractivity contribution >= 4 is 41.8 Å². The third-order valence-electron chi connectivity index (χ3n) is 4.11. The van der Waals surface area contributed by atoms with Gasteiger partial charge in [-0.15, -0.1) is 24.8 Å². The number of nitrogens with one attached hydrogen (secondary N) is 2. The lowest BCUT2D eigenvalue weighted by Gasteiger charge is -2.09. The van der Waals surface area contributed by atoms with Crippen molar-refractivity contribution in [1.29, 1.82) is 0 Å². The van der Waals surface area contributed by atoms with Crippen LogP contribution in [0.1, 0.15) is 23.7 Å². The first-order chi connectivity index (χ1) is 12.2. The van der Waals surface area contributed by atoms with Crippen LogP contribution in [0.5, 0.6) is 0 Å². The smallest absolute Gasteiger partial charge is 0.252 e. The maximum atomic E-state index is 12.7. The van der Waals surface area contributed by atoms with Gasteiger partial charge < -0.3 is 10.6 Å². The third-order valence-corrected chi connectivity index (χ3v) is 4.11. The maximum absolute atomic E-state index is 12.7. The van der Waals surface area contributed by atoms with Crippen molar-refractivity contribution in [2.24, 2.45) is 0 Å². The highest BCUT2D eigenvalue weighted by Crippen LogP contribution is 2.24. The van der Waals surface area contributed by atoms with Crippen LogP contribution in [0.2, 0.25) is 0 Å². The van der Waals surface area contributed by atoms with Gasteiger partial charge in [-0.2, -0.15) is 5.10 Å². The van der Waals surface area contributed by atoms with Crippen molar-refractivity contribution in [3.63, 3.8) is 0 Å². The summed E-state index contributed by atoms with van der Waals surface area (Å²) in [6.45, 7) is 4.22. The predicted molar refractivity (Wildman–Crippen MR) is 114 cm³/mol. The van der Waals surface area contributed by atoms with E-state index in [9.17, 15) is 4.79 Å². The minimum Gasteiger partial charge on any atom is -0.352 e. The molecule has 0 aliphatic carbocycles. The number of aryl methyl sites for hydroxylation is 1. The van der Waals surface area contributed by atoms with Crippen LogP contribution >= 0.6 is 24.8 Å². The van der Waals surface area contributed by atoms with E-state index in [0.29, 0.717) is 18.7 Å². The molecule has 0 saturated carbocycles. The number of amides is 1. The molecule has 146 valence electrons. The molecule has 3 rings (SSSR count). The van der Waals surface area contributed by atoms with E-state index < -0.39 is 0 Å². The SMILES string of the molecule is CCn1ncc2c(C(=O)NCCCNC)cc(-c3ccccc3)nc21.Cl.Cl. The average molecular weight is 410 g/mol. The number of rotatable bonds is 7. The van der Waals surface area contributed by atoms with E-state index in [-0.39, 0.29) is 30.7 Å². The van der Waals surface area contributed by atoms with Crippen molar-refractivity contribution in [2.75, 3.05) is 20.1 Å². The van der Waals surface area contributed by atoms with E-state index in [0.717, 1.165) is 35.3 Å². The fourth-order valence-electron chi connectivity index (χ4n) is 2.79. The molecular weight excluding hydrogens is 385 g/mol. The van der Waals surface area contributed by atoms with Gasteiger partial charge in [0.05, 0.1) is 22.8 Å². The summed E-state index contributed by atoms with van der Waals surface area (Å²) in [6, 6.07) is 11.7. The maximum Gasteiger partial charge on any atom is 0.252 e. The number of nitrogens with zero attached hydrogens (tertiary/aromatic N) is 3. The Bertz CT molecular complexity index is 867.